The predicted molar refractivity (Wildman–Crippen MR) is 57.3 cm³/mol. The molecule has 15 heavy (non-hydrogen) atoms. The van der Waals surface area contributed by atoms with Crippen molar-refractivity contribution in [2.45, 2.75) is 44.2 Å². The normalized spacial score (nSPS) is 36.5. The molecule has 0 radical (unpaired) electrons. The highest BCUT2D eigenvalue weighted by molar-refractivity contribution is 5.79. The standard InChI is InChI=1S/C11H20N2O2/c12-9-4-3-8(6-9)11(14)13-10-2-1-5-15-7-10/h8-10H,1-7,12H2,(H,13,14). The van der Waals surface area contributed by atoms with Gasteiger partial charge < -0.3 is 15.8 Å². The fourth-order valence-electron chi connectivity index (χ4n) is 2.43. The summed E-state index contributed by atoms with van der Waals surface area (Å²) in [6.07, 6.45) is 4.87. The zero-order valence-corrected chi connectivity index (χ0v) is 9.08. The van der Waals surface area contributed by atoms with Crippen molar-refractivity contribution in [3.63, 3.8) is 0 Å². The molecule has 2 fully saturated rings. The Bertz CT molecular complexity index is 227. The molecule has 0 bridgehead atoms. The van der Waals surface area contributed by atoms with Crippen molar-refractivity contribution < 1.29 is 9.53 Å². The SMILES string of the molecule is NC1CCC(C(=O)NC2CCCOC2)C1. The minimum absolute atomic E-state index is 0.141. The minimum Gasteiger partial charge on any atom is -0.379 e. The molecule has 3 atom stereocenters. The van der Waals surface area contributed by atoms with E-state index in [1.54, 1.807) is 0 Å². The first kappa shape index (κ1) is 10.9. The molecule has 2 aliphatic rings. The Labute approximate surface area is 90.5 Å². The second kappa shape index (κ2) is 4.94. The Morgan fingerprint density at radius 2 is 2.20 bits per heavy atom. The second-order valence-corrected chi connectivity index (χ2v) is 4.69. The lowest BCUT2D eigenvalue weighted by molar-refractivity contribution is -0.126. The van der Waals surface area contributed by atoms with E-state index < -0.39 is 0 Å². The van der Waals surface area contributed by atoms with Crippen LogP contribution >= 0.6 is 0 Å². The first-order valence-corrected chi connectivity index (χ1v) is 5.89. The Morgan fingerprint density at radius 1 is 1.33 bits per heavy atom. The quantitative estimate of drug-likeness (QED) is 0.696. The Kier molecular flexibility index (Phi) is 3.59. The number of amides is 1. The molecule has 0 spiro atoms. The molecule has 1 saturated carbocycles. The highest BCUT2D eigenvalue weighted by atomic mass is 16.5. The van der Waals surface area contributed by atoms with Crippen LogP contribution in [-0.4, -0.2) is 31.2 Å². The molecule has 1 aliphatic carbocycles. The third-order valence-electron chi connectivity index (χ3n) is 3.35. The van der Waals surface area contributed by atoms with Crippen LogP contribution in [0.1, 0.15) is 32.1 Å². The summed E-state index contributed by atoms with van der Waals surface area (Å²) in [6, 6.07) is 0.450. The lowest BCUT2D eigenvalue weighted by Crippen LogP contribution is -2.43. The van der Waals surface area contributed by atoms with Crippen LogP contribution in [0.25, 0.3) is 0 Å². The van der Waals surface area contributed by atoms with Crippen LogP contribution in [0.5, 0.6) is 0 Å². The summed E-state index contributed by atoms with van der Waals surface area (Å²) in [4.78, 5) is 11.8. The Balaban J connectivity index is 1.76. The predicted octanol–water partition coefficient (Wildman–Crippen LogP) is 0.409. The number of ether oxygens (including phenoxy) is 1. The molecule has 3 N–H and O–H groups in total. The monoisotopic (exact) mass is 212 g/mol. The average molecular weight is 212 g/mol. The van der Waals surface area contributed by atoms with Gasteiger partial charge in [0.05, 0.1) is 12.6 Å². The molecule has 1 heterocycles. The summed E-state index contributed by atoms with van der Waals surface area (Å²) in [6.45, 7) is 1.51. The van der Waals surface area contributed by atoms with Gasteiger partial charge in [0.25, 0.3) is 0 Å². The highest BCUT2D eigenvalue weighted by Crippen LogP contribution is 2.24. The van der Waals surface area contributed by atoms with Gasteiger partial charge in [-0.3, -0.25) is 4.79 Å². The summed E-state index contributed by atoms with van der Waals surface area (Å²) in [5, 5.41) is 3.06. The van der Waals surface area contributed by atoms with Gasteiger partial charge in [0.2, 0.25) is 5.91 Å². The summed E-state index contributed by atoms with van der Waals surface area (Å²) >= 11 is 0. The van der Waals surface area contributed by atoms with Gasteiger partial charge in [-0.05, 0) is 32.1 Å². The van der Waals surface area contributed by atoms with E-state index in [0.717, 1.165) is 38.7 Å². The van der Waals surface area contributed by atoms with E-state index in [1.807, 2.05) is 0 Å². The Hall–Kier alpha value is -0.610. The van der Waals surface area contributed by atoms with E-state index in [9.17, 15) is 4.79 Å². The number of rotatable bonds is 2. The van der Waals surface area contributed by atoms with Gasteiger partial charge in [-0.1, -0.05) is 0 Å². The van der Waals surface area contributed by atoms with E-state index >= 15 is 0 Å². The van der Waals surface area contributed by atoms with Crippen LogP contribution in [0.3, 0.4) is 0 Å². The van der Waals surface area contributed by atoms with Crippen LogP contribution in [0, 0.1) is 5.92 Å². The molecule has 1 saturated heterocycles. The van der Waals surface area contributed by atoms with Gasteiger partial charge in [-0.2, -0.15) is 0 Å². The summed E-state index contributed by atoms with van der Waals surface area (Å²) in [5.74, 6) is 0.320. The first-order valence-electron chi connectivity index (χ1n) is 5.89. The van der Waals surface area contributed by atoms with Crippen molar-refractivity contribution in [3.8, 4) is 0 Å². The molecule has 0 aromatic carbocycles. The van der Waals surface area contributed by atoms with Crippen molar-refractivity contribution in [1.29, 1.82) is 0 Å². The third-order valence-corrected chi connectivity index (χ3v) is 3.35. The third kappa shape index (κ3) is 2.92. The van der Waals surface area contributed by atoms with E-state index in [2.05, 4.69) is 5.32 Å². The van der Waals surface area contributed by atoms with Crippen molar-refractivity contribution in [2.75, 3.05) is 13.2 Å². The number of hydrogen-bond acceptors (Lipinski definition) is 3. The van der Waals surface area contributed by atoms with Crippen LogP contribution < -0.4 is 11.1 Å². The topological polar surface area (TPSA) is 64.4 Å². The smallest absolute Gasteiger partial charge is 0.223 e. The van der Waals surface area contributed by atoms with Crippen molar-refractivity contribution in [2.24, 2.45) is 11.7 Å². The molecule has 0 aromatic heterocycles. The first-order chi connectivity index (χ1) is 7.25. The van der Waals surface area contributed by atoms with Gasteiger partial charge in [-0.25, -0.2) is 0 Å². The van der Waals surface area contributed by atoms with E-state index in [1.165, 1.54) is 0 Å². The second-order valence-electron chi connectivity index (χ2n) is 4.69. The maximum absolute atomic E-state index is 11.8. The molecule has 1 amide bonds. The Morgan fingerprint density at radius 3 is 2.80 bits per heavy atom. The molecular formula is C11H20N2O2. The maximum Gasteiger partial charge on any atom is 0.223 e. The lowest BCUT2D eigenvalue weighted by atomic mass is 10.0. The number of nitrogens with two attached hydrogens (primary N) is 1. The lowest BCUT2D eigenvalue weighted by Gasteiger charge is -2.24. The van der Waals surface area contributed by atoms with Crippen molar-refractivity contribution >= 4 is 5.91 Å². The highest BCUT2D eigenvalue weighted by Gasteiger charge is 2.29. The fourth-order valence-corrected chi connectivity index (χ4v) is 2.43. The van der Waals surface area contributed by atoms with E-state index in [4.69, 9.17) is 10.5 Å². The van der Waals surface area contributed by atoms with E-state index in [-0.39, 0.29) is 23.9 Å². The summed E-state index contributed by atoms with van der Waals surface area (Å²) in [5.41, 5.74) is 5.79. The van der Waals surface area contributed by atoms with Crippen molar-refractivity contribution in [3.05, 3.63) is 0 Å². The van der Waals surface area contributed by atoms with Gasteiger partial charge in [-0.15, -0.1) is 0 Å². The van der Waals surface area contributed by atoms with Gasteiger partial charge in [0.15, 0.2) is 0 Å². The molecule has 0 aromatic rings. The average Bonchev–Trinajstić information content (AvgIpc) is 2.66. The van der Waals surface area contributed by atoms with Crippen LogP contribution in [0.15, 0.2) is 0 Å². The van der Waals surface area contributed by atoms with Gasteiger partial charge in [0.1, 0.15) is 0 Å². The molecule has 2 rings (SSSR count). The fraction of sp³-hybridized carbons (Fsp3) is 0.909. The van der Waals surface area contributed by atoms with Crippen LogP contribution in [0.2, 0.25) is 0 Å². The maximum atomic E-state index is 11.8. The van der Waals surface area contributed by atoms with Gasteiger partial charge in [0, 0.05) is 18.6 Å². The summed E-state index contributed by atoms with van der Waals surface area (Å²) in [7, 11) is 0. The molecular weight excluding hydrogens is 192 g/mol. The number of nitrogens with one attached hydrogen (secondary N) is 1. The molecule has 1 aliphatic heterocycles. The molecule has 3 unspecified atom stereocenters. The summed E-state index contributed by atoms with van der Waals surface area (Å²) < 4.78 is 5.33. The van der Waals surface area contributed by atoms with E-state index in [0.29, 0.717) is 6.61 Å². The van der Waals surface area contributed by atoms with Gasteiger partial charge >= 0.3 is 0 Å². The zero-order valence-electron chi connectivity index (χ0n) is 9.08. The number of carbonyl (C=O) groups excluding carboxylic acids is 1. The number of carbonyl (C=O) groups is 1. The minimum atomic E-state index is 0.141. The molecule has 4 heteroatoms. The zero-order chi connectivity index (χ0) is 10.7. The van der Waals surface area contributed by atoms with Crippen LogP contribution in [0.4, 0.5) is 0 Å². The molecule has 4 nitrogen and oxygen atoms in total. The largest absolute Gasteiger partial charge is 0.379 e. The van der Waals surface area contributed by atoms with Crippen LogP contribution in [-0.2, 0) is 9.53 Å². The van der Waals surface area contributed by atoms with Crippen molar-refractivity contribution in [1.82, 2.24) is 5.32 Å². The number of hydrogen-bond donors (Lipinski definition) is 2. The molecule has 86 valence electrons.